The lowest BCUT2D eigenvalue weighted by Gasteiger charge is -2.09. The number of hydrogen-bond acceptors (Lipinski definition) is 5. The van der Waals surface area contributed by atoms with Crippen molar-refractivity contribution in [2.75, 3.05) is 17.7 Å². The number of rotatable bonds is 5. The summed E-state index contributed by atoms with van der Waals surface area (Å²) in [6.07, 6.45) is -4.57. The lowest BCUT2D eigenvalue weighted by Crippen LogP contribution is -2.14. The van der Waals surface area contributed by atoms with E-state index in [0.717, 1.165) is 36.6 Å². The van der Waals surface area contributed by atoms with Crippen molar-refractivity contribution in [3.05, 3.63) is 80.7 Å². The van der Waals surface area contributed by atoms with Crippen LogP contribution in [0.2, 0.25) is 5.02 Å². The normalized spacial score (nSPS) is 11.1. The summed E-state index contributed by atoms with van der Waals surface area (Å²) >= 11 is 6.70. The standard InChI is InChI=1S/C22H16ClF3N2O4S/c1-11-16(21(31)32-2)20(28-18(29)12-5-3-7-14(23)9-12)33-17(11)19(30)27-15-8-4-6-13(10-15)22(24,25)26/h3-10H,1-2H3,(H,27,30)(H,28,29). The van der Waals surface area contributed by atoms with Crippen LogP contribution in [0.3, 0.4) is 0 Å². The van der Waals surface area contributed by atoms with E-state index in [1.807, 2.05) is 0 Å². The molecule has 0 saturated heterocycles. The van der Waals surface area contributed by atoms with Gasteiger partial charge in [-0.25, -0.2) is 4.79 Å². The Kier molecular flexibility index (Phi) is 7.09. The molecule has 3 rings (SSSR count). The topological polar surface area (TPSA) is 84.5 Å². The lowest BCUT2D eigenvalue weighted by atomic mass is 10.1. The number of alkyl halides is 3. The van der Waals surface area contributed by atoms with Gasteiger partial charge in [0.2, 0.25) is 0 Å². The highest BCUT2D eigenvalue weighted by Gasteiger charge is 2.31. The third kappa shape index (κ3) is 5.52. The maximum Gasteiger partial charge on any atom is 0.416 e. The highest BCUT2D eigenvalue weighted by molar-refractivity contribution is 7.19. The first-order valence-electron chi connectivity index (χ1n) is 9.28. The maximum atomic E-state index is 13.0. The van der Waals surface area contributed by atoms with Crippen molar-refractivity contribution in [1.29, 1.82) is 0 Å². The molecule has 0 aliphatic heterocycles. The second-order valence-corrected chi connectivity index (χ2v) is 8.21. The van der Waals surface area contributed by atoms with Gasteiger partial charge in [-0.1, -0.05) is 23.7 Å². The minimum atomic E-state index is -4.57. The minimum absolute atomic E-state index is 0.0224. The van der Waals surface area contributed by atoms with Gasteiger partial charge in [0.1, 0.15) is 5.00 Å². The average Bonchev–Trinajstić information content (AvgIpc) is 3.08. The van der Waals surface area contributed by atoms with Crippen molar-refractivity contribution in [3.63, 3.8) is 0 Å². The summed E-state index contributed by atoms with van der Waals surface area (Å²) in [6, 6.07) is 10.2. The first-order chi connectivity index (χ1) is 15.5. The molecule has 0 radical (unpaired) electrons. The Hall–Kier alpha value is -3.37. The molecule has 0 aliphatic carbocycles. The van der Waals surface area contributed by atoms with Crippen molar-refractivity contribution in [3.8, 4) is 0 Å². The van der Waals surface area contributed by atoms with Crippen LogP contribution in [0.5, 0.6) is 0 Å². The number of carbonyl (C=O) groups excluding carboxylic acids is 3. The zero-order valence-electron chi connectivity index (χ0n) is 17.2. The average molecular weight is 497 g/mol. The first-order valence-corrected chi connectivity index (χ1v) is 10.5. The zero-order valence-corrected chi connectivity index (χ0v) is 18.7. The van der Waals surface area contributed by atoms with Gasteiger partial charge in [-0.05, 0) is 48.9 Å². The molecule has 11 heteroatoms. The molecule has 6 nitrogen and oxygen atoms in total. The fraction of sp³-hybridized carbons (Fsp3) is 0.136. The quantitative estimate of drug-likeness (QED) is 0.423. The number of esters is 1. The third-order valence-corrected chi connectivity index (χ3v) is 5.95. The highest BCUT2D eigenvalue weighted by Crippen LogP contribution is 2.35. The van der Waals surface area contributed by atoms with E-state index in [-0.39, 0.29) is 32.3 Å². The number of thiophene rings is 1. The van der Waals surface area contributed by atoms with E-state index >= 15 is 0 Å². The van der Waals surface area contributed by atoms with E-state index < -0.39 is 29.5 Å². The molecule has 1 heterocycles. The number of halogens is 4. The van der Waals surface area contributed by atoms with Crippen molar-refractivity contribution >= 4 is 51.4 Å². The molecular formula is C22H16ClF3N2O4S. The summed E-state index contributed by atoms with van der Waals surface area (Å²) in [5, 5.41) is 5.35. The van der Waals surface area contributed by atoms with E-state index in [0.29, 0.717) is 5.02 Å². The second kappa shape index (κ2) is 9.63. The van der Waals surface area contributed by atoms with Crippen LogP contribution >= 0.6 is 22.9 Å². The van der Waals surface area contributed by atoms with Crippen molar-refractivity contribution < 1.29 is 32.3 Å². The van der Waals surface area contributed by atoms with E-state index in [1.165, 1.54) is 25.1 Å². The number of hydrogen-bond donors (Lipinski definition) is 2. The van der Waals surface area contributed by atoms with Crippen LogP contribution in [0.25, 0.3) is 0 Å². The Morgan fingerprint density at radius 3 is 2.33 bits per heavy atom. The Morgan fingerprint density at radius 2 is 1.70 bits per heavy atom. The summed E-state index contributed by atoms with van der Waals surface area (Å²) in [4.78, 5) is 37.8. The SMILES string of the molecule is COC(=O)c1c(NC(=O)c2cccc(Cl)c2)sc(C(=O)Nc2cccc(C(F)(F)F)c2)c1C. The molecule has 2 N–H and O–H groups in total. The predicted molar refractivity (Wildman–Crippen MR) is 119 cm³/mol. The molecule has 0 aliphatic rings. The molecule has 172 valence electrons. The Labute approximate surface area is 195 Å². The maximum absolute atomic E-state index is 13.0. The summed E-state index contributed by atoms with van der Waals surface area (Å²) in [5.74, 6) is -2.11. The number of nitrogens with one attached hydrogen (secondary N) is 2. The smallest absolute Gasteiger partial charge is 0.416 e. The number of benzene rings is 2. The number of amides is 2. The van der Waals surface area contributed by atoms with Crippen LogP contribution in [0, 0.1) is 6.92 Å². The largest absolute Gasteiger partial charge is 0.465 e. The van der Waals surface area contributed by atoms with Crippen molar-refractivity contribution in [1.82, 2.24) is 0 Å². The molecule has 33 heavy (non-hydrogen) atoms. The molecule has 0 fully saturated rings. The third-order valence-electron chi connectivity index (χ3n) is 4.50. The molecule has 2 amide bonds. The van der Waals surface area contributed by atoms with E-state index in [9.17, 15) is 27.6 Å². The molecule has 3 aromatic rings. The van der Waals surface area contributed by atoms with Gasteiger partial charge in [-0.15, -0.1) is 11.3 Å². The van der Waals surface area contributed by atoms with Gasteiger partial charge in [-0.3, -0.25) is 9.59 Å². The Morgan fingerprint density at radius 1 is 1.00 bits per heavy atom. The predicted octanol–water partition coefficient (Wildman–Crippen LogP) is 6.02. The molecule has 1 aromatic heterocycles. The minimum Gasteiger partial charge on any atom is -0.465 e. The van der Waals surface area contributed by atoms with Crippen LogP contribution in [0.15, 0.2) is 48.5 Å². The second-order valence-electron chi connectivity index (χ2n) is 6.75. The summed E-state index contributed by atoms with van der Waals surface area (Å²) in [7, 11) is 1.14. The van der Waals surface area contributed by atoms with Gasteiger partial charge in [0.25, 0.3) is 11.8 Å². The van der Waals surface area contributed by atoms with E-state index in [1.54, 1.807) is 12.1 Å². The van der Waals surface area contributed by atoms with Crippen LogP contribution in [0.4, 0.5) is 23.9 Å². The molecular weight excluding hydrogens is 481 g/mol. The highest BCUT2D eigenvalue weighted by atomic mass is 35.5. The van der Waals surface area contributed by atoms with Gasteiger partial charge < -0.3 is 15.4 Å². The van der Waals surface area contributed by atoms with Crippen LogP contribution < -0.4 is 10.6 Å². The molecule has 0 atom stereocenters. The van der Waals surface area contributed by atoms with E-state index in [4.69, 9.17) is 16.3 Å². The Bertz CT molecular complexity index is 1240. The fourth-order valence-corrected chi connectivity index (χ4v) is 4.21. The number of ether oxygens (including phenoxy) is 1. The molecule has 0 spiro atoms. The van der Waals surface area contributed by atoms with Crippen LogP contribution in [-0.4, -0.2) is 24.9 Å². The zero-order chi connectivity index (χ0) is 24.3. The van der Waals surface area contributed by atoms with Crippen LogP contribution in [-0.2, 0) is 10.9 Å². The van der Waals surface area contributed by atoms with Gasteiger partial charge in [0.15, 0.2) is 0 Å². The van der Waals surface area contributed by atoms with E-state index in [2.05, 4.69) is 10.6 Å². The summed E-state index contributed by atoms with van der Waals surface area (Å²) < 4.78 is 43.6. The summed E-state index contributed by atoms with van der Waals surface area (Å²) in [6.45, 7) is 1.47. The van der Waals surface area contributed by atoms with Gasteiger partial charge in [0.05, 0.1) is 23.1 Å². The number of anilines is 2. The molecule has 0 bridgehead atoms. The fourth-order valence-electron chi connectivity index (χ4n) is 2.93. The van der Waals surface area contributed by atoms with Gasteiger partial charge in [-0.2, -0.15) is 13.2 Å². The van der Waals surface area contributed by atoms with Crippen LogP contribution in [0.1, 0.15) is 41.5 Å². The van der Waals surface area contributed by atoms with Gasteiger partial charge >= 0.3 is 12.1 Å². The first kappa shape index (κ1) is 24.3. The molecule has 0 saturated carbocycles. The number of carbonyl (C=O) groups is 3. The lowest BCUT2D eigenvalue weighted by molar-refractivity contribution is -0.137. The Balaban J connectivity index is 1.93. The van der Waals surface area contributed by atoms with Crippen molar-refractivity contribution in [2.45, 2.75) is 13.1 Å². The van der Waals surface area contributed by atoms with Crippen molar-refractivity contribution in [2.24, 2.45) is 0 Å². The monoisotopic (exact) mass is 496 g/mol. The molecule has 2 aromatic carbocycles. The summed E-state index contributed by atoms with van der Waals surface area (Å²) in [5.41, 5.74) is -0.608. The molecule has 0 unspecified atom stereocenters. The number of methoxy groups -OCH3 is 1. The van der Waals surface area contributed by atoms with Gasteiger partial charge in [0, 0.05) is 16.3 Å².